The number of hydrogen-bond acceptors (Lipinski definition) is 5. The quantitative estimate of drug-likeness (QED) is 0.397. The molecule has 7 nitrogen and oxygen atoms in total. The smallest absolute Gasteiger partial charge is 0.305 e. The molecule has 114 valence electrons. The molecule has 0 saturated carbocycles. The number of aliphatic carboxylic acids is 1. The molecule has 0 aliphatic rings. The molecular formula is C15H15N3O4. The van der Waals surface area contributed by atoms with Crippen molar-refractivity contribution in [2.24, 2.45) is 0 Å². The van der Waals surface area contributed by atoms with Crippen LogP contribution in [0.3, 0.4) is 0 Å². The van der Waals surface area contributed by atoms with Crippen molar-refractivity contribution in [3.05, 3.63) is 41.6 Å². The molecule has 0 aliphatic carbocycles. The summed E-state index contributed by atoms with van der Waals surface area (Å²) in [4.78, 5) is 33.1. The highest BCUT2D eigenvalue weighted by molar-refractivity contribution is 5.97. The minimum absolute atomic E-state index is 0.0551. The number of amides is 1. The van der Waals surface area contributed by atoms with E-state index in [0.29, 0.717) is 11.3 Å². The fraction of sp³-hybridized carbons (Fsp3) is 0.200. The van der Waals surface area contributed by atoms with E-state index in [1.807, 2.05) is 0 Å². The van der Waals surface area contributed by atoms with Crippen molar-refractivity contribution in [1.29, 1.82) is 5.26 Å². The van der Waals surface area contributed by atoms with Crippen molar-refractivity contribution in [2.45, 2.75) is 13.3 Å². The molecule has 0 atom stereocenters. The van der Waals surface area contributed by atoms with Gasteiger partial charge in [-0.3, -0.25) is 14.4 Å². The Bertz CT molecular complexity index is 642. The summed E-state index contributed by atoms with van der Waals surface area (Å²) >= 11 is 0. The van der Waals surface area contributed by atoms with Crippen molar-refractivity contribution < 1.29 is 19.5 Å². The number of anilines is 1. The van der Waals surface area contributed by atoms with Crippen LogP contribution in [0.1, 0.15) is 23.7 Å². The predicted molar refractivity (Wildman–Crippen MR) is 79.0 cm³/mol. The van der Waals surface area contributed by atoms with E-state index in [0.717, 1.165) is 0 Å². The lowest BCUT2D eigenvalue weighted by Gasteiger charge is -2.04. The Kier molecular flexibility index (Phi) is 6.32. The van der Waals surface area contributed by atoms with Crippen molar-refractivity contribution >= 4 is 23.3 Å². The van der Waals surface area contributed by atoms with Crippen LogP contribution in [0, 0.1) is 11.3 Å². The van der Waals surface area contributed by atoms with Gasteiger partial charge in [0.05, 0.1) is 6.42 Å². The monoisotopic (exact) mass is 301 g/mol. The molecular weight excluding hydrogens is 286 g/mol. The Morgan fingerprint density at radius 2 is 1.91 bits per heavy atom. The summed E-state index contributed by atoms with van der Waals surface area (Å²) in [5, 5.41) is 22.5. The summed E-state index contributed by atoms with van der Waals surface area (Å²) in [6.07, 6.45) is 1.00. The second kappa shape index (κ2) is 8.21. The number of nitrogens with zero attached hydrogens (tertiary/aromatic N) is 1. The SMILES string of the molecule is CC(=O)c1ccc(N/C=C(/C#N)C(=O)NCCC(=O)O)cc1. The van der Waals surface area contributed by atoms with Gasteiger partial charge in [-0.15, -0.1) is 0 Å². The number of benzene rings is 1. The Hall–Kier alpha value is -3.14. The van der Waals surface area contributed by atoms with Crippen LogP contribution in [0.25, 0.3) is 0 Å². The molecule has 1 aromatic carbocycles. The number of ketones is 1. The Morgan fingerprint density at radius 1 is 1.27 bits per heavy atom. The van der Waals surface area contributed by atoms with E-state index in [4.69, 9.17) is 10.4 Å². The molecule has 1 aromatic rings. The summed E-state index contributed by atoms with van der Waals surface area (Å²) in [6, 6.07) is 8.26. The van der Waals surface area contributed by atoms with Gasteiger partial charge in [-0.2, -0.15) is 5.26 Å². The van der Waals surface area contributed by atoms with Crippen LogP contribution < -0.4 is 10.6 Å². The molecule has 0 unspecified atom stereocenters. The third kappa shape index (κ3) is 5.46. The Labute approximate surface area is 127 Å². The van der Waals surface area contributed by atoms with Gasteiger partial charge in [0.15, 0.2) is 5.78 Å². The molecule has 0 spiro atoms. The maximum atomic E-state index is 11.6. The molecule has 3 N–H and O–H groups in total. The van der Waals surface area contributed by atoms with E-state index in [9.17, 15) is 14.4 Å². The van der Waals surface area contributed by atoms with Crippen LogP contribution in [0.2, 0.25) is 0 Å². The molecule has 0 aromatic heterocycles. The number of carboxylic acids is 1. The van der Waals surface area contributed by atoms with Crippen molar-refractivity contribution in [3.63, 3.8) is 0 Å². The molecule has 0 aliphatic heterocycles. The van der Waals surface area contributed by atoms with E-state index in [1.54, 1.807) is 30.3 Å². The lowest BCUT2D eigenvalue weighted by Crippen LogP contribution is -2.27. The molecule has 1 rings (SSSR count). The number of carbonyl (C=O) groups is 3. The molecule has 0 heterocycles. The van der Waals surface area contributed by atoms with Gasteiger partial charge < -0.3 is 15.7 Å². The largest absolute Gasteiger partial charge is 0.481 e. The summed E-state index contributed by atoms with van der Waals surface area (Å²) in [5.74, 6) is -1.75. The maximum Gasteiger partial charge on any atom is 0.305 e. The van der Waals surface area contributed by atoms with Gasteiger partial charge in [0.2, 0.25) is 0 Å². The lowest BCUT2D eigenvalue weighted by atomic mass is 10.1. The lowest BCUT2D eigenvalue weighted by molar-refractivity contribution is -0.136. The highest BCUT2D eigenvalue weighted by Gasteiger charge is 2.09. The first-order valence-corrected chi connectivity index (χ1v) is 6.42. The van der Waals surface area contributed by atoms with Gasteiger partial charge in [-0.25, -0.2) is 0 Å². The van der Waals surface area contributed by atoms with Crippen LogP contribution in [0.4, 0.5) is 5.69 Å². The standard InChI is InChI=1S/C15H15N3O4/c1-10(19)11-2-4-13(5-3-11)18-9-12(8-16)15(22)17-7-6-14(20)21/h2-5,9,18H,6-7H2,1H3,(H,17,22)(H,20,21)/b12-9-. The fourth-order valence-corrected chi connectivity index (χ4v) is 1.48. The summed E-state index contributed by atoms with van der Waals surface area (Å²) in [5.41, 5.74) is 0.985. The first-order chi connectivity index (χ1) is 10.4. The van der Waals surface area contributed by atoms with E-state index in [2.05, 4.69) is 10.6 Å². The fourth-order valence-electron chi connectivity index (χ4n) is 1.48. The third-order valence-electron chi connectivity index (χ3n) is 2.66. The minimum atomic E-state index is -1.04. The number of nitrogens with one attached hydrogen (secondary N) is 2. The van der Waals surface area contributed by atoms with Crippen molar-refractivity contribution in [2.75, 3.05) is 11.9 Å². The normalized spacial score (nSPS) is 10.5. The van der Waals surface area contributed by atoms with Gasteiger partial charge in [0, 0.05) is 24.0 Å². The van der Waals surface area contributed by atoms with Crippen molar-refractivity contribution in [1.82, 2.24) is 5.32 Å². The number of rotatable bonds is 7. The summed E-state index contributed by atoms with van der Waals surface area (Å²) in [7, 11) is 0. The number of nitriles is 1. The van der Waals surface area contributed by atoms with Gasteiger partial charge in [0.1, 0.15) is 11.6 Å². The van der Waals surface area contributed by atoms with E-state index in [-0.39, 0.29) is 24.3 Å². The van der Waals surface area contributed by atoms with Crippen LogP contribution >= 0.6 is 0 Å². The van der Waals surface area contributed by atoms with E-state index in [1.165, 1.54) is 13.1 Å². The van der Waals surface area contributed by atoms with Crippen LogP contribution in [0.15, 0.2) is 36.0 Å². The van der Waals surface area contributed by atoms with Gasteiger partial charge in [-0.05, 0) is 31.2 Å². The highest BCUT2D eigenvalue weighted by Crippen LogP contribution is 2.10. The topological polar surface area (TPSA) is 119 Å². The van der Waals surface area contributed by atoms with Gasteiger partial charge >= 0.3 is 5.97 Å². The van der Waals surface area contributed by atoms with Crippen LogP contribution in [-0.2, 0) is 9.59 Å². The predicted octanol–water partition coefficient (Wildman–Crippen LogP) is 1.30. The molecule has 22 heavy (non-hydrogen) atoms. The van der Waals surface area contributed by atoms with Crippen LogP contribution in [0.5, 0.6) is 0 Å². The Morgan fingerprint density at radius 3 is 2.41 bits per heavy atom. The summed E-state index contributed by atoms with van der Waals surface area (Å²) < 4.78 is 0. The summed E-state index contributed by atoms with van der Waals surface area (Å²) in [6.45, 7) is 1.40. The zero-order valence-corrected chi connectivity index (χ0v) is 11.9. The molecule has 0 radical (unpaired) electrons. The Balaban J connectivity index is 2.64. The van der Waals surface area contributed by atoms with Crippen molar-refractivity contribution in [3.8, 4) is 6.07 Å². The second-order valence-corrected chi connectivity index (χ2v) is 4.35. The molecule has 0 bridgehead atoms. The molecule has 0 saturated heterocycles. The highest BCUT2D eigenvalue weighted by atomic mass is 16.4. The number of hydrogen-bond donors (Lipinski definition) is 3. The van der Waals surface area contributed by atoms with E-state index < -0.39 is 11.9 Å². The zero-order chi connectivity index (χ0) is 16.5. The van der Waals surface area contributed by atoms with Gasteiger partial charge in [0.25, 0.3) is 5.91 Å². The number of Topliss-reactive ketones (excluding diaryl/α,β-unsaturated/α-hetero) is 1. The first kappa shape index (κ1) is 16.9. The average Bonchev–Trinajstić information content (AvgIpc) is 2.48. The average molecular weight is 301 g/mol. The van der Waals surface area contributed by atoms with Gasteiger partial charge in [-0.1, -0.05) is 0 Å². The molecule has 7 heteroatoms. The van der Waals surface area contributed by atoms with E-state index >= 15 is 0 Å². The first-order valence-electron chi connectivity index (χ1n) is 6.42. The zero-order valence-electron chi connectivity index (χ0n) is 11.9. The minimum Gasteiger partial charge on any atom is -0.481 e. The molecule has 0 fully saturated rings. The number of carboxylic acid groups (broad SMARTS) is 1. The number of carbonyl (C=O) groups excluding carboxylic acids is 2. The third-order valence-corrected chi connectivity index (χ3v) is 2.66. The molecule has 1 amide bonds. The second-order valence-electron chi connectivity index (χ2n) is 4.35. The maximum absolute atomic E-state index is 11.6. The van der Waals surface area contributed by atoms with Crippen LogP contribution in [-0.4, -0.2) is 29.3 Å².